The minimum absolute atomic E-state index is 0.0760. The maximum absolute atomic E-state index is 12.3. The molecule has 0 aromatic heterocycles. The normalized spacial score (nSPS) is 17.0. The lowest BCUT2D eigenvalue weighted by molar-refractivity contribution is 0.256. The number of rotatable bonds is 6. The van der Waals surface area contributed by atoms with E-state index >= 15 is 0 Å². The van der Waals surface area contributed by atoms with Crippen molar-refractivity contribution in [3.05, 3.63) is 28.3 Å². The van der Waals surface area contributed by atoms with Gasteiger partial charge in [0.2, 0.25) is 10.0 Å². The predicted molar refractivity (Wildman–Crippen MR) is 99.6 cm³/mol. The number of benzene rings is 1. The fraction of sp³-hybridized carbons (Fsp3) is 0.611. The van der Waals surface area contributed by atoms with E-state index in [1.54, 1.807) is 7.05 Å². The molecule has 0 saturated heterocycles. The number of aryl methyl sites for hydroxylation is 2. The number of fused-ring (bicyclic) bond motifs is 2. The zero-order valence-corrected chi connectivity index (χ0v) is 15.8. The average molecular weight is 365 g/mol. The van der Waals surface area contributed by atoms with E-state index in [9.17, 15) is 13.2 Å². The van der Waals surface area contributed by atoms with Crippen LogP contribution in [0, 0.1) is 0 Å². The van der Waals surface area contributed by atoms with Crippen LogP contribution < -0.4 is 15.4 Å². The van der Waals surface area contributed by atoms with Crippen molar-refractivity contribution in [1.29, 1.82) is 0 Å². The van der Waals surface area contributed by atoms with Gasteiger partial charge in [0.1, 0.15) is 0 Å². The first-order valence-corrected chi connectivity index (χ1v) is 10.7. The molecule has 1 atom stereocenters. The maximum Gasteiger partial charge on any atom is 0.332 e. The summed E-state index contributed by atoms with van der Waals surface area (Å²) >= 11 is 0. The third-order valence-electron chi connectivity index (χ3n) is 5.27. The van der Waals surface area contributed by atoms with E-state index in [1.807, 2.05) is 6.92 Å². The molecule has 7 heteroatoms. The Morgan fingerprint density at radius 3 is 2.28 bits per heavy atom. The van der Waals surface area contributed by atoms with Crippen molar-refractivity contribution in [2.45, 2.75) is 57.9 Å². The zero-order valence-electron chi connectivity index (χ0n) is 14.9. The third kappa shape index (κ3) is 4.15. The van der Waals surface area contributed by atoms with Crippen LogP contribution in [0.25, 0.3) is 0 Å². The molecule has 6 nitrogen and oxygen atoms in total. The summed E-state index contributed by atoms with van der Waals surface area (Å²) in [6, 6.07) is 1.72. The molecule has 25 heavy (non-hydrogen) atoms. The lowest BCUT2D eigenvalue weighted by atomic mass is 9.99. The van der Waals surface area contributed by atoms with Gasteiger partial charge in [-0.1, -0.05) is 6.07 Å². The van der Waals surface area contributed by atoms with Gasteiger partial charge in [-0.05, 0) is 81.2 Å². The first-order valence-electron chi connectivity index (χ1n) is 9.05. The van der Waals surface area contributed by atoms with E-state index < -0.39 is 16.1 Å². The van der Waals surface area contributed by atoms with Crippen LogP contribution >= 0.6 is 0 Å². The number of carbonyl (C=O) groups is 1. The van der Waals surface area contributed by atoms with E-state index in [0.29, 0.717) is 6.42 Å². The predicted octanol–water partition coefficient (Wildman–Crippen LogP) is 2.11. The summed E-state index contributed by atoms with van der Waals surface area (Å²) in [4.78, 5) is 12.3. The Balaban J connectivity index is 1.72. The molecule has 0 aliphatic heterocycles. The third-order valence-corrected chi connectivity index (χ3v) is 6.54. The molecule has 0 bridgehead atoms. The summed E-state index contributed by atoms with van der Waals surface area (Å²) in [7, 11) is -1.85. The van der Waals surface area contributed by atoms with Crippen LogP contribution in [0.5, 0.6) is 0 Å². The number of urea groups is 1. The van der Waals surface area contributed by atoms with Gasteiger partial charge in [0.05, 0.1) is 5.75 Å². The number of nitrogens with one attached hydrogen (secondary N) is 3. The molecular formula is C18H27N3O3S. The number of anilines is 1. The first-order chi connectivity index (χ1) is 11.9. The molecule has 1 aromatic carbocycles. The molecule has 0 fully saturated rings. The van der Waals surface area contributed by atoms with Gasteiger partial charge >= 0.3 is 6.03 Å². The van der Waals surface area contributed by atoms with Crippen LogP contribution in [0.3, 0.4) is 0 Å². The summed E-state index contributed by atoms with van der Waals surface area (Å²) in [6.45, 7) is 1.91. The highest BCUT2D eigenvalue weighted by Gasteiger charge is 2.26. The van der Waals surface area contributed by atoms with Crippen LogP contribution in [0.15, 0.2) is 6.07 Å². The largest absolute Gasteiger partial charge is 0.332 e. The minimum atomic E-state index is -3.64. The van der Waals surface area contributed by atoms with Gasteiger partial charge in [-0.3, -0.25) is 0 Å². The quantitative estimate of drug-likeness (QED) is 0.721. The molecule has 1 unspecified atom stereocenters. The molecule has 0 heterocycles. The monoisotopic (exact) mass is 365 g/mol. The SMILES string of the molecule is CNC(C)CCS(=O)(=O)NC(=O)Nc1c2c(cc3c1CCC3)CCC2. The Hall–Kier alpha value is -1.60. The van der Waals surface area contributed by atoms with Gasteiger partial charge in [-0.25, -0.2) is 17.9 Å². The molecule has 2 aliphatic rings. The van der Waals surface area contributed by atoms with Crippen molar-refractivity contribution in [1.82, 2.24) is 10.0 Å². The molecule has 0 radical (unpaired) electrons. The summed E-state index contributed by atoms with van der Waals surface area (Å²) in [5, 5.41) is 5.85. The highest BCUT2D eigenvalue weighted by molar-refractivity contribution is 7.90. The minimum Gasteiger partial charge on any atom is -0.317 e. The molecule has 2 aliphatic carbocycles. The standard InChI is InChI=1S/C18H27N3O3S/c1-12(19-2)9-10-25(23,24)21-18(22)20-17-15-7-3-5-13(15)11-14-6-4-8-16(14)17/h11-12,19H,3-10H2,1-2H3,(H2,20,21,22). The zero-order chi connectivity index (χ0) is 18.0. The van der Waals surface area contributed by atoms with Crippen molar-refractivity contribution in [2.24, 2.45) is 0 Å². The Morgan fingerprint density at radius 2 is 1.72 bits per heavy atom. The first kappa shape index (κ1) is 18.2. The topological polar surface area (TPSA) is 87.3 Å². The summed E-state index contributed by atoms with van der Waals surface area (Å²) in [5.74, 6) is -0.0760. The van der Waals surface area contributed by atoms with Crippen LogP contribution in [0.1, 0.15) is 48.4 Å². The molecule has 0 spiro atoms. The second-order valence-electron chi connectivity index (χ2n) is 7.09. The van der Waals surface area contributed by atoms with Gasteiger partial charge in [-0.2, -0.15) is 0 Å². The molecular weight excluding hydrogens is 338 g/mol. The summed E-state index contributed by atoms with van der Waals surface area (Å²) < 4.78 is 26.4. The lowest BCUT2D eigenvalue weighted by Crippen LogP contribution is -2.37. The second kappa shape index (κ2) is 7.33. The fourth-order valence-electron chi connectivity index (χ4n) is 3.77. The van der Waals surface area contributed by atoms with Crippen molar-refractivity contribution in [3.63, 3.8) is 0 Å². The van der Waals surface area contributed by atoms with Gasteiger partial charge in [0.25, 0.3) is 0 Å². The van der Waals surface area contributed by atoms with Gasteiger partial charge in [0, 0.05) is 11.7 Å². The van der Waals surface area contributed by atoms with E-state index in [1.165, 1.54) is 22.3 Å². The number of hydrogen-bond acceptors (Lipinski definition) is 4. The van der Waals surface area contributed by atoms with E-state index in [-0.39, 0.29) is 11.8 Å². The van der Waals surface area contributed by atoms with E-state index in [2.05, 4.69) is 21.4 Å². The van der Waals surface area contributed by atoms with Crippen molar-refractivity contribution in [2.75, 3.05) is 18.1 Å². The van der Waals surface area contributed by atoms with Crippen LogP contribution in [0.4, 0.5) is 10.5 Å². The number of hydrogen-bond donors (Lipinski definition) is 3. The molecule has 1 aromatic rings. The van der Waals surface area contributed by atoms with Crippen molar-refractivity contribution >= 4 is 21.7 Å². The van der Waals surface area contributed by atoms with Crippen LogP contribution in [-0.4, -0.2) is 33.3 Å². The number of amides is 2. The van der Waals surface area contributed by atoms with Gasteiger partial charge < -0.3 is 10.6 Å². The molecule has 3 rings (SSSR count). The Morgan fingerprint density at radius 1 is 1.12 bits per heavy atom. The highest BCUT2D eigenvalue weighted by atomic mass is 32.2. The van der Waals surface area contributed by atoms with Crippen molar-refractivity contribution in [3.8, 4) is 0 Å². The Labute approximate surface area is 149 Å². The Bertz CT molecular complexity index is 742. The van der Waals surface area contributed by atoms with Crippen LogP contribution in [-0.2, 0) is 35.7 Å². The molecule has 138 valence electrons. The smallest absolute Gasteiger partial charge is 0.317 e. The van der Waals surface area contributed by atoms with E-state index in [4.69, 9.17) is 0 Å². The summed E-state index contributed by atoms with van der Waals surface area (Å²) in [6.07, 6.45) is 6.62. The summed E-state index contributed by atoms with van der Waals surface area (Å²) in [5.41, 5.74) is 5.86. The van der Waals surface area contributed by atoms with E-state index in [0.717, 1.165) is 44.2 Å². The molecule has 0 saturated carbocycles. The molecule has 2 amide bonds. The fourth-order valence-corrected chi connectivity index (χ4v) is 4.87. The second-order valence-corrected chi connectivity index (χ2v) is 8.93. The van der Waals surface area contributed by atoms with Gasteiger partial charge in [0.15, 0.2) is 0 Å². The van der Waals surface area contributed by atoms with Gasteiger partial charge in [-0.15, -0.1) is 0 Å². The number of carbonyl (C=O) groups excluding carboxylic acids is 1. The highest BCUT2D eigenvalue weighted by Crippen LogP contribution is 2.38. The Kier molecular flexibility index (Phi) is 5.34. The number of sulfonamides is 1. The molecule has 3 N–H and O–H groups in total. The maximum atomic E-state index is 12.3. The lowest BCUT2D eigenvalue weighted by Gasteiger charge is -2.17. The van der Waals surface area contributed by atoms with Crippen LogP contribution in [0.2, 0.25) is 0 Å². The van der Waals surface area contributed by atoms with Crippen molar-refractivity contribution < 1.29 is 13.2 Å². The average Bonchev–Trinajstić information content (AvgIpc) is 3.20.